The Balaban J connectivity index is 2.01. The molecule has 94 valence electrons. The minimum absolute atomic E-state index is 0.176. The smallest absolute Gasteiger partial charge is 0.201 e. The minimum atomic E-state index is -0.217. The van der Waals surface area contributed by atoms with Gasteiger partial charge in [0, 0.05) is 6.04 Å². The van der Waals surface area contributed by atoms with Gasteiger partial charge < -0.3 is 15.6 Å². The molecule has 0 aromatic carbocycles. The van der Waals surface area contributed by atoms with Crippen LogP contribution in [-0.4, -0.2) is 37.9 Å². The SMILES string of the molecule is ON=C(Cl)c1nonc1NC1CCC(O)CC1. The van der Waals surface area contributed by atoms with E-state index in [-0.39, 0.29) is 23.0 Å². The van der Waals surface area contributed by atoms with Gasteiger partial charge in [0.1, 0.15) is 0 Å². The summed E-state index contributed by atoms with van der Waals surface area (Å²) >= 11 is 5.64. The van der Waals surface area contributed by atoms with Crippen LogP contribution < -0.4 is 5.32 Å². The summed E-state index contributed by atoms with van der Waals surface area (Å²) in [4.78, 5) is 0. The van der Waals surface area contributed by atoms with E-state index in [1.165, 1.54) is 0 Å². The van der Waals surface area contributed by atoms with Crippen LogP contribution in [0.5, 0.6) is 0 Å². The Morgan fingerprint density at radius 3 is 2.71 bits per heavy atom. The van der Waals surface area contributed by atoms with E-state index in [0.717, 1.165) is 25.7 Å². The maximum Gasteiger partial charge on any atom is 0.201 e. The maximum atomic E-state index is 9.39. The van der Waals surface area contributed by atoms with E-state index < -0.39 is 0 Å². The third-order valence-electron chi connectivity index (χ3n) is 2.81. The number of anilines is 1. The number of aromatic nitrogens is 2. The van der Waals surface area contributed by atoms with E-state index in [1.54, 1.807) is 0 Å². The first-order valence-corrected chi connectivity index (χ1v) is 5.73. The number of aliphatic hydroxyl groups excluding tert-OH is 1. The molecule has 3 N–H and O–H groups in total. The second-order valence-corrected chi connectivity index (χ2v) is 4.36. The number of aliphatic hydroxyl groups is 1. The molecule has 1 aromatic heterocycles. The van der Waals surface area contributed by atoms with Crippen LogP contribution in [0.4, 0.5) is 5.82 Å². The standard InChI is InChI=1S/C9H13ClN4O3/c10-8(12-16)7-9(14-17-13-7)11-5-1-3-6(15)4-2-5/h5-6,15-16H,1-4H2,(H,11,14). The lowest BCUT2D eigenvalue weighted by Gasteiger charge is -2.25. The highest BCUT2D eigenvalue weighted by molar-refractivity contribution is 6.69. The van der Waals surface area contributed by atoms with Crippen LogP contribution in [0.2, 0.25) is 0 Å². The lowest BCUT2D eigenvalue weighted by atomic mass is 9.93. The molecular formula is C9H13ClN4O3. The molecule has 1 aromatic rings. The summed E-state index contributed by atoms with van der Waals surface area (Å²) < 4.78 is 4.54. The molecule has 8 heteroatoms. The van der Waals surface area contributed by atoms with Gasteiger partial charge in [-0.1, -0.05) is 16.8 Å². The highest BCUT2D eigenvalue weighted by Crippen LogP contribution is 2.23. The second kappa shape index (κ2) is 5.33. The lowest BCUT2D eigenvalue weighted by Crippen LogP contribution is -2.28. The number of rotatable bonds is 3. The van der Waals surface area contributed by atoms with Crippen molar-refractivity contribution < 1.29 is 14.9 Å². The Morgan fingerprint density at radius 2 is 2.06 bits per heavy atom. The molecule has 17 heavy (non-hydrogen) atoms. The van der Waals surface area contributed by atoms with Gasteiger partial charge in [-0.25, -0.2) is 4.63 Å². The number of hydrogen-bond donors (Lipinski definition) is 3. The van der Waals surface area contributed by atoms with Crippen molar-refractivity contribution in [3.05, 3.63) is 5.69 Å². The summed E-state index contributed by atoms with van der Waals surface area (Å²) in [6.45, 7) is 0. The fraction of sp³-hybridized carbons (Fsp3) is 0.667. The zero-order chi connectivity index (χ0) is 12.3. The number of nitrogens with zero attached hydrogens (tertiary/aromatic N) is 3. The van der Waals surface area contributed by atoms with Crippen LogP contribution >= 0.6 is 11.6 Å². The second-order valence-electron chi connectivity index (χ2n) is 4.00. The number of halogens is 1. The van der Waals surface area contributed by atoms with Crippen molar-refractivity contribution in [2.45, 2.75) is 37.8 Å². The van der Waals surface area contributed by atoms with Crippen molar-refractivity contribution in [2.24, 2.45) is 5.16 Å². The monoisotopic (exact) mass is 260 g/mol. The van der Waals surface area contributed by atoms with Crippen molar-refractivity contribution in [3.8, 4) is 0 Å². The molecule has 1 aliphatic rings. The van der Waals surface area contributed by atoms with Crippen LogP contribution in [0.3, 0.4) is 0 Å². The van der Waals surface area contributed by atoms with Crippen molar-refractivity contribution in [3.63, 3.8) is 0 Å². The molecule has 0 spiro atoms. The third-order valence-corrected chi connectivity index (χ3v) is 3.06. The van der Waals surface area contributed by atoms with E-state index in [2.05, 4.69) is 25.4 Å². The first-order valence-electron chi connectivity index (χ1n) is 5.35. The minimum Gasteiger partial charge on any atom is -0.410 e. The van der Waals surface area contributed by atoms with Gasteiger partial charge in [-0.3, -0.25) is 0 Å². The lowest BCUT2D eigenvalue weighted by molar-refractivity contribution is 0.126. The summed E-state index contributed by atoms with van der Waals surface area (Å²) in [5, 5.41) is 30.9. The molecule has 0 unspecified atom stereocenters. The molecule has 0 aliphatic heterocycles. The van der Waals surface area contributed by atoms with Crippen LogP contribution in [0, 0.1) is 0 Å². The highest BCUT2D eigenvalue weighted by Gasteiger charge is 2.23. The fourth-order valence-electron chi connectivity index (χ4n) is 1.88. The third kappa shape index (κ3) is 2.86. The van der Waals surface area contributed by atoms with Crippen LogP contribution in [0.15, 0.2) is 9.78 Å². The van der Waals surface area contributed by atoms with E-state index in [0.29, 0.717) is 5.82 Å². The predicted octanol–water partition coefficient (Wildman–Crippen LogP) is 1.16. The summed E-state index contributed by atoms with van der Waals surface area (Å²) in [5.74, 6) is 0.356. The topological polar surface area (TPSA) is 104 Å². The molecular weight excluding hydrogens is 248 g/mol. The molecule has 0 radical (unpaired) electrons. The average molecular weight is 261 g/mol. The molecule has 1 heterocycles. The van der Waals surface area contributed by atoms with Crippen molar-refractivity contribution in [2.75, 3.05) is 5.32 Å². The average Bonchev–Trinajstić information content (AvgIpc) is 2.79. The van der Waals surface area contributed by atoms with E-state index in [1.807, 2.05) is 0 Å². The molecule has 1 fully saturated rings. The van der Waals surface area contributed by atoms with Gasteiger partial charge in [0.15, 0.2) is 5.69 Å². The number of nitrogens with one attached hydrogen (secondary N) is 1. The normalized spacial score (nSPS) is 25.9. The zero-order valence-corrected chi connectivity index (χ0v) is 9.76. The van der Waals surface area contributed by atoms with Crippen molar-refractivity contribution >= 4 is 22.6 Å². The summed E-state index contributed by atoms with van der Waals surface area (Å²) in [6.07, 6.45) is 2.95. The largest absolute Gasteiger partial charge is 0.410 e. The Labute approximate surface area is 102 Å². The molecule has 7 nitrogen and oxygen atoms in total. The van der Waals surface area contributed by atoms with Crippen molar-refractivity contribution in [1.82, 2.24) is 10.3 Å². The van der Waals surface area contributed by atoms with Crippen molar-refractivity contribution in [1.29, 1.82) is 0 Å². The molecule has 1 saturated carbocycles. The quantitative estimate of drug-likeness (QED) is 0.428. The Kier molecular flexibility index (Phi) is 3.80. The highest BCUT2D eigenvalue weighted by atomic mass is 35.5. The number of hydrogen-bond acceptors (Lipinski definition) is 7. The van der Waals surface area contributed by atoms with Crippen LogP contribution in [0.1, 0.15) is 31.4 Å². The summed E-state index contributed by atoms with van der Waals surface area (Å²) in [5.41, 5.74) is 0.181. The predicted molar refractivity (Wildman–Crippen MR) is 60.4 cm³/mol. The molecule has 0 atom stereocenters. The van der Waals surface area contributed by atoms with Gasteiger partial charge >= 0.3 is 0 Å². The molecule has 0 bridgehead atoms. The van der Waals surface area contributed by atoms with Gasteiger partial charge in [-0.05, 0) is 36.0 Å². The Morgan fingerprint density at radius 1 is 1.35 bits per heavy atom. The van der Waals surface area contributed by atoms with Gasteiger partial charge in [0.25, 0.3) is 0 Å². The van der Waals surface area contributed by atoms with E-state index >= 15 is 0 Å². The molecule has 1 aliphatic carbocycles. The van der Waals surface area contributed by atoms with Crippen LogP contribution in [0.25, 0.3) is 0 Å². The molecule has 0 saturated heterocycles. The summed E-state index contributed by atoms with van der Waals surface area (Å²) in [7, 11) is 0. The zero-order valence-electron chi connectivity index (χ0n) is 9.01. The molecule has 0 amide bonds. The fourth-order valence-corrected chi connectivity index (χ4v) is 2.00. The first-order chi connectivity index (χ1) is 8.20. The maximum absolute atomic E-state index is 9.39. The van der Waals surface area contributed by atoms with Crippen LogP contribution in [-0.2, 0) is 0 Å². The van der Waals surface area contributed by atoms with E-state index in [4.69, 9.17) is 16.8 Å². The Hall–Kier alpha value is -1.34. The first kappa shape index (κ1) is 12.1. The van der Waals surface area contributed by atoms with Gasteiger partial charge in [-0.2, -0.15) is 0 Å². The Bertz CT molecular complexity index is 401. The summed E-state index contributed by atoms with van der Waals surface area (Å²) in [6, 6.07) is 0.187. The van der Waals surface area contributed by atoms with Gasteiger partial charge in [0.2, 0.25) is 11.0 Å². The van der Waals surface area contributed by atoms with Gasteiger partial charge in [-0.15, -0.1) is 0 Å². The van der Waals surface area contributed by atoms with E-state index in [9.17, 15) is 5.11 Å². The number of oxime groups is 1. The van der Waals surface area contributed by atoms with Gasteiger partial charge in [0.05, 0.1) is 6.10 Å². The molecule has 2 rings (SSSR count).